The summed E-state index contributed by atoms with van der Waals surface area (Å²) < 4.78 is 6.20. The Morgan fingerprint density at radius 2 is 2.05 bits per heavy atom. The van der Waals surface area contributed by atoms with Gasteiger partial charge in [-0.2, -0.15) is 0 Å². The van der Waals surface area contributed by atoms with Gasteiger partial charge in [-0.05, 0) is 44.7 Å². The quantitative estimate of drug-likeness (QED) is 0.843. The van der Waals surface area contributed by atoms with E-state index < -0.39 is 5.54 Å². The number of aliphatic hydroxyl groups is 1. The van der Waals surface area contributed by atoms with Gasteiger partial charge in [-0.15, -0.1) is 0 Å². The number of amides is 1. The highest BCUT2D eigenvalue weighted by Gasteiger charge is 2.48. The molecule has 2 aliphatic rings. The van der Waals surface area contributed by atoms with Crippen LogP contribution in [0.25, 0.3) is 5.57 Å². The van der Waals surface area contributed by atoms with E-state index in [1.54, 1.807) is 7.11 Å². The van der Waals surface area contributed by atoms with E-state index in [0.29, 0.717) is 18.4 Å². The minimum absolute atomic E-state index is 0.179. The first-order chi connectivity index (χ1) is 10.5. The topological polar surface area (TPSA) is 58.6 Å². The largest absolute Gasteiger partial charge is 0.509 e. The maximum absolute atomic E-state index is 12.5. The number of rotatable bonds is 2. The van der Waals surface area contributed by atoms with E-state index in [4.69, 9.17) is 4.74 Å². The number of hydrogen-bond acceptors (Lipinski definition) is 3. The van der Waals surface area contributed by atoms with Gasteiger partial charge in [-0.1, -0.05) is 27.6 Å². The Morgan fingerprint density at radius 3 is 2.68 bits per heavy atom. The molecular formula is C17H20BrNO3. The average molecular weight is 366 g/mol. The highest BCUT2D eigenvalue weighted by Crippen LogP contribution is 2.43. The van der Waals surface area contributed by atoms with Crippen molar-refractivity contribution in [1.29, 1.82) is 0 Å². The van der Waals surface area contributed by atoms with Gasteiger partial charge in [0.25, 0.3) is 5.91 Å². The predicted octanol–water partition coefficient (Wildman–Crippen LogP) is 3.48. The van der Waals surface area contributed by atoms with Gasteiger partial charge >= 0.3 is 0 Å². The third kappa shape index (κ3) is 2.46. The zero-order chi connectivity index (χ0) is 15.9. The third-order valence-electron chi connectivity index (χ3n) is 4.78. The van der Waals surface area contributed by atoms with Crippen molar-refractivity contribution in [1.82, 2.24) is 5.32 Å². The van der Waals surface area contributed by atoms with Gasteiger partial charge in [0.1, 0.15) is 5.76 Å². The summed E-state index contributed by atoms with van der Waals surface area (Å²) >= 11 is 3.48. The molecule has 1 spiro atoms. The first-order valence-corrected chi connectivity index (χ1v) is 8.32. The van der Waals surface area contributed by atoms with E-state index >= 15 is 0 Å². The molecule has 1 aromatic carbocycles. The Kier molecular flexibility index (Phi) is 4.03. The van der Waals surface area contributed by atoms with E-state index in [9.17, 15) is 9.90 Å². The normalized spacial score (nSPS) is 28.3. The van der Waals surface area contributed by atoms with Crippen molar-refractivity contribution >= 4 is 27.4 Å². The Labute approximate surface area is 138 Å². The standard InChI is InChI=1S/C17H20BrNO3/c1-10-3-4-13(18)12(9-10)14-15(20)17(19-16(14)21)7-5-11(22-2)6-8-17/h3-4,9,11,20H,5-8H2,1-2H3,(H,19,21)/t11-,17+. The molecule has 0 saturated heterocycles. The molecule has 22 heavy (non-hydrogen) atoms. The predicted molar refractivity (Wildman–Crippen MR) is 88.6 cm³/mol. The van der Waals surface area contributed by atoms with Crippen molar-refractivity contribution in [3.63, 3.8) is 0 Å². The number of halogens is 1. The number of aliphatic hydroxyl groups excluding tert-OH is 1. The highest BCUT2D eigenvalue weighted by molar-refractivity contribution is 9.10. The molecule has 1 fully saturated rings. The lowest BCUT2D eigenvalue weighted by atomic mass is 9.79. The lowest BCUT2D eigenvalue weighted by Gasteiger charge is -2.36. The molecule has 3 rings (SSSR count). The Hall–Kier alpha value is -1.33. The monoisotopic (exact) mass is 365 g/mol. The maximum Gasteiger partial charge on any atom is 0.256 e. The maximum atomic E-state index is 12.5. The lowest BCUT2D eigenvalue weighted by molar-refractivity contribution is -0.116. The second kappa shape index (κ2) is 5.70. The number of carbonyl (C=O) groups excluding carboxylic acids is 1. The van der Waals surface area contributed by atoms with Gasteiger partial charge < -0.3 is 15.2 Å². The summed E-state index contributed by atoms with van der Waals surface area (Å²) in [6.07, 6.45) is 3.29. The van der Waals surface area contributed by atoms with Crippen molar-refractivity contribution in [3.8, 4) is 0 Å². The Bertz CT molecular complexity index is 645. The minimum Gasteiger partial charge on any atom is -0.509 e. The number of hydrogen-bond donors (Lipinski definition) is 2. The molecule has 0 radical (unpaired) electrons. The van der Waals surface area contributed by atoms with Crippen LogP contribution in [0.15, 0.2) is 28.4 Å². The van der Waals surface area contributed by atoms with Gasteiger partial charge in [0, 0.05) is 17.1 Å². The molecule has 2 N–H and O–H groups in total. The van der Waals surface area contributed by atoms with E-state index in [-0.39, 0.29) is 17.8 Å². The van der Waals surface area contributed by atoms with Crippen molar-refractivity contribution in [3.05, 3.63) is 39.6 Å². The summed E-state index contributed by atoms with van der Waals surface area (Å²) in [7, 11) is 1.71. The summed E-state index contributed by atoms with van der Waals surface area (Å²) in [6, 6.07) is 5.80. The lowest BCUT2D eigenvalue weighted by Crippen LogP contribution is -2.48. The summed E-state index contributed by atoms with van der Waals surface area (Å²) in [5.41, 5.74) is 1.58. The van der Waals surface area contributed by atoms with E-state index in [2.05, 4.69) is 21.2 Å². The van der Waals surface area contributed by atoms with Gasteiger partial charge in [-0.25, -0.2) is 0 Å². The summed E-state index contributed by atoms with van der Waals surface area (Å²) in [4.78, 5) is 12.5. The molecular weight excluding hydrogens is 346 g/mol. The van der Waals surface area contributed by atoms with Crippen molar-refractivity contribution < 1.29 is 14.6 Å². The first-order valence-electron chi connectivity index (χ1n) is 7.52. The Morgan fingerprint density at radius 1 is 1.36 bits per heavy atom. The van der Waals surface area contributed by atoms with Gasteiger partial charge in [0.05, 0.1) is 17.2 Å². The number of aryl methyl sites for hydroxylation is 1. The average Bonchev–Trinajstić information content (AvgIpc) is 2.74. The van der Waals surface area contributed by atoms with Crippen LogP contribution in [0.4, 0.5) is 0 Å². The van der Waals surface area contributed by atoms with Crippen LogP contribution in [-0.2, 0) is 9.53 Å². The zero-order valence-electron chi connectivity index (χ0n) is 12.8. The fraction of sp³-hybridized carbons (Fsp3) is 0.471. The van der Waals surface area contributed by atoms with E-state index in [0.717, 1.165) is 28.4 Å². The number of carbonyl (C=O) groups is 1. The summed E-state index contributed by atoms with van der Waals surface area (Å²) in [5.74, 6) is -0.0157. The SMILES string of the molecule is CO[C@H]1CC[C@]2(CC1)NC(=O)C(c1cc(C)ccc1Br)=C2O. The third-order valence-corrected chi connectivity index (χ3v) is 5.47. The van der Waals surface area contributed by atoms with Crippen LogP contribution < -0.4 is 5.32 Å². The van der Waals surface area contributed by atoms with Crippen molar-refractivity contribution in [2.75, 3.05) is 7.11 Å². The molecule has 0 unspecified atom stereocenters. The first kappa shape index (κ1) is 15.6. The number of ether oxygens (including phenoxy) is 1. The smallest absolute Gasteiger partial charge is 0.256 e. The van der Waals surface area contributed by atoms with Crippen molar-refractivity contribution in [2.45, 2.75) is 44.2 Å². The van der Waals surface area contributed by atoms with Crippen LogP contribution in [0.1, 0.15) is 36.8 Å². The molecule has 0 bridgehead atoms. The van der Waals surface area contributed by atoms with Gasteiger partial charge in [-0.3, -0.25) is 4.79 Å². The molecule has 0 aromatic heterocycles. The minimum atomic E-state index is -0.620. The second-order valence-electron chi connectivity index (χ2n) is 6.18. The molecule has 1 aromatic rings. The molecule has 5 heteroatoms. The second-order valence-corrected chi connectivity index (χ2v) is 7.03. The molecule has 1 saturated carbocycles. The molecule has 1 aliphatic heterocycles. The summed E-state index contributed by atoms with van der Waals surface area (Å²) in [5, 5.41) is 13.8. The molecule has 1 aliphatic carbocycles. The molecule has 4 nitrogen and oxygen atoms in total. The van der Waals surface area contributed by atoms with Gasteiger partial charge in [0.2, 0.25) is 0 Å². The fourth-order valence-electron chi connectivity index (χ4n) is 3.45. The number of benzene rings is 1. The Balaban J connectivity index is 2.00. The van der Waals surface area contributed by atoms with Crippen LogP contribution in [0.3, 0.4) is 0 Å². The fourth-order valence-corrected chi connectivity index (χ4v) is 3.89. The van der Waals surface area contributed by atoms with Crippen LogP contribution in [0.5, 0.6) is 0 Å². The van der Waals surface area contributed by atoms with Crippen LogP contribution in [0.2, 0.25) is 0 Å². The molecule has 0 atom stereocenters. The molecule has 118 valence electrons. The highest BCUT2D eigenvalue weighted by atomic mass is 79.9. The number of methoxy groups -OCH3 is 1. The van der Waals surface area contributed by atoms with Gasteiger partial charge in [0.15, 0.2) is 0 Å². The molecule has 1 heterocycles. The van der Waals surface area contributed by atoms with Crippen LogP contribution >= 0.6 is 15.9 Å². The zero-order valence-corrected chi connectivity index (χ0v) is 14.4. The van der Waals surface area contributed by atoms with E-state index in [1.807, 2.05) is 25.1 Å². The van der Waals surface area contributed by atoms with Crippen LogP contribution in [0, 0.1) is 6.92 Å². The van der Waals surface area contributed by atoms with Crippen molar-refractivity contribution in [2.24, 2.45) is 0 Å². The summed E-state index contributed by atoms with van der Waals surface area (Å²) in [6.45, 7) is 1.97. The molecule has 1 amide bonds. The number of nitrogens with one attached hydrogen (secondary N) is 1. The van der Waals surface area contributed by atoms with E-state index in [1.165, 1.54) is 0 Å². The van der Waals surface area contributed by atoms with Crippen LogP contribution in [-0.4, -0.2) is 29.8 Å².